The number of carbonyl (C=O) groups is 1. The highest BCUT2D eigenvalue weighted by Gasteiger charge is 2.22. The number of benzene rings is 1. The first-order chi connectivity index (χ1) is 9.31. The molecule has 0 atom stereocenters. The second kappa shape index (κ2) is 5.34. The van der Waals surface area contributed by atoms with Gasteiger partial charge in [0.15, 0.2) is 9.84 Å². The van der Waals surface area contributed by atoms with Gasteiger partial charge in [0.2, 0.25) is 0 Å². The number of sulfone groups is 1. The number of thiazole rings is 1. The number of hydrogen-bond acceptors (Lipinski definition) is 5. The molecule has 1 heterocycles. The highest BCUT2D eigenvalue weighted by Crippen LogP contribution is 2.24. The zero-order valence-electron chi connectivity index (χ0n) is 11.0. The number of aromatic carboxylic acids is 1. The molecule has 7 heteroatoms. The zero-order valence-corrected chi connectivity index (χ0v) is 12.6. The number of carboxylic acid groups (broad SMARTS) is 1. The molecule has 0 fully saturated rings. The van der Waals surface area contributed by atoms with E-state index in [1.165, 1.54) is 42.7 Å². The molecule has 106 valence electrons. The third kappa shape index (κ3) is 2.88. The van der Waals surface area contributed by atoms with Crippen LogP contribution in [-0.2, 0) is 15.6 Å². The molecule has 20 heavy (non-hydrogen) atoms. The van der Waals surface area contributed by atoms with Crippen LogP contribution in [0.2, 0.25) is 0 Å². The van der Waals surface area contributed by atoms with Crippen molar-refractivity contribution in [3.63, 3.8) is 0 Å². The summed E-state index contributed by atoms with van der Waals surface area (Å²) in [5.41, 5.74) is 0.271. The summed E-state index contributed by atoms with van der Waals surface area (Å²) in [6.07, 6.45) is 1.54. The van der Waals surface area contributed by atoms with E-state index >= 15 is 0 Å². The molecule has 2 rings (SSSR count). The van der Waals surface area contributed by atoms with Gasteiger partial charge in [0.1, 0.15) is 0 Å². The minimum Gasteiger partial charge on any atom is -0.478 e. The Labute approximate surface area is 120 Å². The van der Waals surface area contributed by atoms with Gasteiger partial charge in [-0.25, -0.2) is 18.2 Å². The summed E-state index contributed by atoms with van der Waals surface area (Å²) in [5.74, 6) is -1.30. The van der Waals surface area contributed by atoms with E-state index in [-0.39, 0.29) is 21.8 Å². The van der Waals surface area contributed by atoms with Crippen molar-refractivity contribution in [1.29, 1.82) is 0 Å². The number of aromatic nitrogens is 1. The molecular formula is C13H13NO4S2. The van der Waals surface area contributed by atoms with Gasteiger partial charge in [0.05, 0.1) is 21.2 Å². The van der Waals surface area contributed by atoms with Crippen molar-refractivity contribution in [2.24, 2.45) is 0 Å². The molecule has 0 saturated carbocycles. The lowest BCUT2D eigenvalue weighted by Crippen LogP contribution is -2.09. The van der Waals surface area contributed by atoms with Crippen LogP contribution in [0.1, 0.15) is 25.8 Å². The van der Waals surface area contributed by atoms with Gasteiger partial charge >= 0.3 is 5.97 Å². The van der Waals surface area contributed by atoms with E-state index in [9.17, 15) is 13.2 Å². The standard InChI is InChI=1S/C13H13NO4S2/c1-8-11(13(15)16)4-3-5-12(8)20(17,18)7-10-6-14-9(2)19-10/h3-6H,7H2,1-2H3,(H,15,16). The fourth-order valence-corrected chi connectivity index (χ4v) is 4.68. The first-order valence-corrected chi connectivity index (χ1v) is 8.25. The molecule has 0 spiro atoms. The van der Waals surface area contributed by atoms with E-state index in [1.54, 1.807) is 6.92 Å². The van der Waals surface area contributed by atoms with Gasteiger partial charge < -0.3 is 5.11 Å². The average molecular weight is 311 g/mol. The van der Waals surface area contributed by atoms with Crippen LogP contribution >= 0.6 is 11.3 Å². The summed E-state index contributed by atoms with van der Waals surface area (Å²) >= 11 is 1.32. The lowest BCUT2D eigenvalue weighted by molar-refractivity contribution is 0.0696. The minimum absolute atomic E-state index is 0.00607. The summed E-state index contributed by atoms with van der Waals surface area (Å²) in [5, 5.41) is 9.84. The maximum absolute atomic E-state index is 12.4. The number of rotatable bonds is 4. The van der Waals surface area contributed by atoms with Crippen LogP contribution in [0.15, 0.2) is 29.3 Å². The van der Waals surface area contributed by atoms with Crippen molar-refractivity contribution in [1.82, 2.24) is 4.98 Å². The summed E-state index contributed by atoms with van der Waals surface area (Å²) in [7, 11) is -3.58. The molecule has 1 aromatic heterocycles. The SMILES string of the molecule is Cc1ncc(CS(=O)(=O)c2cccc(C(=O)O)c2C)s1. The molecule has 0 bridgehead atoms. The van der Waals surface area contributed by atoms with Gasteiger partial charge in [-0.3, -0.25) is 0 Å². The molecule has 0 amide bonds. The number of nitrogens with zero attached hydrogens (tertiary/aromatic N) is 1. The van der Waals surface area contributed by atoms with Crippen LogP contribution in [0.25, 0.3) is 0 Å². The summed E-state index contributed by atoms with van der Waals surface area (Å²) < 4.78 is 24.8. The minimum atomic E-state index is -3.58. The Balaban J connectivity index is 2.44. The molecular weight excluding hydrogens is 298 g/mol. The van der Waals surface area contributed by atoms with Crippen LogP contribution in [0.5, 0.6) is 0 Å². The first-order valence-electron chi connectivity index (χ1n) is 5.78. The summed E-state index contributed by atoms with van der Waals surface area (Å²) in [6, 6.07) is 4.28. The van der Waals surface area contributed by atoms with Crippen LogP contribution < -0.4 is 0 Å². The van der Waals surface area contributed by atoms with E-state index < -0.39 is 15.8 Å². The first kappa shape index (κ1) is 14.7. The van der Waals surface area contributed by atoms with Gasteiger partial charge in [-0.2, -0.15) is 0 Å². The Hall–Kier alpha value is -1.73. The Kier molecular flexibility index (Phi) is 3.92. The van der Waals surface area contributed by atoms with E-state index in [2.05, 4.69) is 4.98 Å². The molecule has 1 aromatic carbocycles. The van der Waals surface area contributed by atoms with Gasteiger partial charge in [0.25, 0.3) is 0 Å². The Morgan fingerprint density at radius 2 is 2.05 bits per heavy atom. The van der Waals surface area contributed by atoms with Crippen molar-refractivity contribution in [3.8, 4) is 0 Å². The Morgan fingerprint density at radius 3 is 2.60 bits per heavy atom. The van der Waals surface area contributed by atoms with Crippen molar-refractivity contribution >= 4 is 27.1 Å². The monoisotopic (exact) mass is 311 g/mol. The maximum Gasteiger partial charge on any atom is 0.335 e. The molecule has 0 radical (unpaired) electrons. The molecule has 0 aliphatic heterocycles. The highest BCUT2D eigenvalue weighted by molar-refractivity contribution is 7.90. The van der Waals surface area contributed by atoms with E-state index in [1.807, 2.05) is 0 Å². The highest BCUT2D eigenvalue weighted by atomic mass is 32.2. The molecule has 0 aliphatic rings. The maximum atomic E-state index is 12.4. The molecule has 5 nitrogen and oxygen atoms in total. The summed E-state index contributed by atoms with van der Waals surface area (Å²) in [4.78, 5) is 15.8. The zero-order chi connectivity index (χ0) is 14.9. The Bertz CT molecular complexity index is 762. The van der Waals surface area contributed by atoms with Crippen LogP contribution in [-0.4, -0.2) is 24.5 Å². The van der Waals surface area contributed by atoms with Gasteiger partial charge in [-0.15, -0.1) is 11.3 Å². The second-order valence-electron chi connectivity index (χ2n) is 4.34. The summed E-state index contributed by atoms with van der Waals surface area (Å²) in [6.45, 7) is 3.31. The lowest BCUT2D eigenvalue weighted by atomic mass is 10.1. The average Bonchev–Trinajstić information content (AvgIpc) is 2.73. The second-order valence-corrected chi connectivity index (χ2v) is 7.62. The largest absolute Gasteiger partial charge is 0.478 e. The van der Waals surface area contributed by atoms with E-state index in [4.69, 9.17) is 5.11 Å². The normalized spacial score (nSPS) is 11.5. The number of aryl methyl sites for hydroxylation is 1. The fraction of sp³-hybridized carbons (Fsp3) is 0.231. The lowest BCUT2D eigenvalue weighted by Gasteiger charge is -2.08. The predicted molar refractivity (Wildman–Crippen MR) is 75.9 cm³/mol. The topological polar surface area (TPSA) is 84.3 Å². The molecule has 0 unspecified atom stereocenters. The van der Waals surface area contributed by atoms with Gasteiger partial charge in [0, 0.05) is 11.1 Å². The van der Waals surface area contributed by atoms with Gasteiger partial charge in [-0.05, 0) is 31.5 Å². The third-order valence-electron chi connectivity index (χ3n) is 2.85. The predicted octanol–water partition coefficient (Wildman–Crippen LogP) is 2.43. The Morgan fingerprint density at radius 1 is 1.35 bits per heavy atom. The van der Waals surface area contributed by atoms with E-state index in [0.717, 1.165) is 5.01 Å². The molecule has 2 aromatic rings. The third-order valence-corrected chi connectivity index (χ3v) is 5.75. The van der Waals surface area contributed by atoms with E-state index in [0.29, 0.717) is 4.88 Å². The van der Waals surface area contributed by atoms with Crippen LogP contribution in [0, 0.1) is 13.8 Å². The van der Waals surface area contributed by atoms with Crippen molar-refractivity contribution < 1.29 is 18.3 Å². The van der Waals surface area contributed by atoms with Crippen molar-refractivity contribution in [3.05, 3.63) is 45.4 Å². The number of hydrogen-bond donors (Lipinski definition) is 1. The molecule has 0 saturated heterocycles. The number of carboxylic acids is 1. The van der Waals surface area contributed by atoms with Crippen molar-refractivity contribution in [2.75, 3.05) is 0 Å². The fourth-order valence-electron chi connectivity index (χ4n) is 1.92. The smallest absolute Gasteiger partial charge is 0.335 e. The van der Waals surface area contributed by atoms with Crippen molar-refractivity contribution in [2.45, 2.75) is 24.5 Å². The molecule has 1 N–H and O–H groups in total. The molecule has 0 aliphatic carbocycles. The van der Waals surface area contributed by atoms with Crippen LogP contribution in [0.4, 0.5) is 0 Å². The van der Waals surface area contributed by atoms with Gasteiger partial charge in [-0.1, -0.05) is 6.07 Å². The van der Waals surface area contributed by atoms with Crippen LogP contribution in [0.3, 0.4) is 0 Å². The quantitative estimate of drug-likeness (QED) is 0.937.